The molecule has 1 heterocycles. The molecule has 2 saturated carbocycles. The fourth-order valence-electron chi connectivity index (χ4n) is 6.07. The molecule has 0 bridgehead atoms. The van der Waals surface area contributed by atoms with Crippen LogP contribution in [0.1, 0.15) is 51.0 Å². The summed E-state index contributed by atoms with van der Waals surface area (Å²) in [7, 11) is 0. The van der Waals surface area contributed by atoms with Crippen LogP contribution in [0.15, 0.2) is 30.3 Å². The number of carbonyl (C=O) groups is 1. The normalized spacial score (nSPS) is 36.4. The zero-order valence-electron chi connectivity index (χ0n) is 15.0. The molecule has 3 aliphatic rings. The maximum absolute atomic E-state index is 12.9. The minimum absolute atomic E-state index is 0.276. The van der Waals surface area contributed by atoms with Crippen LogP contribution in [0.5, 0.6) is 0 Å². The van der Waals surface area contributed by atoms with Crippen molar-refractivity contribution in [1.82, 2.24) is 4.90 Å². The van der Waals surface area contributed by atoms with E-state index >= 15 is 0 Å². The molecule has 130 valence electrons. The van der Waals surface area contributed by atoms with E-state index in [0.717, 1.165) is 24.8 Å². The highest BCUT2D eigenvalue weighted by molar-refractivity contribution is 5.83. The van der Waals surface area contributed by atoms with Gasteiger partial charge in [0.2, 0.25) is 0 Å². The van der Waals surface area contributed by atoms with Gasteiger partial charge in [-0.25, -0.2) is 0 Å². The van der Waals surface area contributed by atoms with Gasteiger partial charge in [-0.1, -0.05) is 43.7 Å². The minimum atomic E-state index is 0.276. The molecule has 0 amide bonds. The van der Waals surface area contributed by atoms with Crippen LogP contribution in [0, 0.1) is 23.7 Å². The zero-order chi connectivity index (χ0) is 16.5. The first-order valence-electron chi connectivity index (χ1n) is 10.1. The van der Waals surface area contributed by atoms with Crippen molar-refractivity contribution in [1.29, 1.82) is 0 Å². The Morgan fingerprint density at radius 2 is 1.96 bits per heavy atom. The number of hydrogen-bond donors (Lipinski definition) is 0. The minimum Gasteiger partial charge on any atom is -0.300 e. The van der Waals surface area contributed by atoms with E-state index in [1.165, 1.54) is 50.8 Å². The van der Waals surface area contributed by atoms with Gasteiger partial charge >= 0.3 is 0 Å². The Bertz CT molecular complexity index is 569. The summed E-state index contributed by atoms with van der Waals surface area (Å²) in [6.45, 7) is 4.77. The summed E-state index contributed by atoms with van der Waals surface area (Å²) in [6, 6.07) is 11.4. The Hall–Kier alpha value is -1.15. The smallest absolute Gasteiger partial charge is 0.136 e. The molecule has 2 heteroatoms. The second kappa shape index (κ2) is 7.00. The summed E-state index contributed by atoms with van der Waals surface area (Å²) >= 11 is 0. The van der Waals surface area contributed by atoms with Crippen LogP contribution in [0.4, 0.5) is 0 Å². The number of Topliss-reactive ketones (excluding diaryl/α,β-unsaturated/α-hetero) is 1. The van der Waals surface area contributed by atoms with Crippen LogP contribution < -0.4 is 0 Å². The summed E-state index contributed by atoms with van der Waals surface area (Å²) in [5, 5.41) is 0. The first-order chi connectivity index (χ1) is 11.8. The van der Waals surface area contributed by atoms with Crippen LogP contribution >= 0.6 is 0 Å². The summed E-state index contributed by atoms with van der Waals surface area (Å²) < 4.78 is 0. The fourth-order valence-corrected chi connectivity index (χ4v) is 6.07. The first kappa shape index (κ1) is 16.3. The summed E-state index contributed by atoms with van der Waals surface area (Å²) in [5.41, 5.74) is 1.35. The lowest BCUT2D eigenvalue weighted by Gasteiger charge is -2.55. The molecular formula is C22H31NO. The number of piperidine rings is 1. The molecule has 0 aromatic heterocycles. The molecule has 0 N–H and O–H groups in total. The van der Waals surface area contributed by atoms with Gasteiger partial charge in [0.05, 0.1) is 0 Å². The lowest BCUT2D eigenvalue weighted by Crippen LogP contribution is -2.58. The molecule has 0 radical (unpaired) electrons. The third-order valence-corrected chi connectivity index (χ3v) is 6.98. The molecule has 1 aliphatic heterocycles. The van der Waals surface area contributed by atoms with E-state index < -0.39 is 0 Å². The number of rotatable bonds is 4. The third kappa shape index (κ3) is 2.94. The Kier molecular flexibility index (Phi) is 4.76. The van der Waals surface area contributed by atoms with Gasteiger partial charge in [0.25, 0.3) is 0 Å². The van der Waals surface area contributed by atoms with Crippen molar-refractivity contribution in [3.05, 3.63) is 35.9 Å². The van der Waals surface area contributed by atoms with Gasteiger partial charge in [-0.15, -0.1) is 0 Å². The zero-order valence-corrected chi connectivity index (χ0v) is 15.0. The average Bonchev–Trinajstić information content (AvgIpc) is 2.61. The van der Waals surface area contributed by atoms with Crippen molar-refractivity contribution in [3.8, 4) is 0 Å². The van der Waals surface area contributed by atoms with E-state index in [1.807, 2.05) is 0 Å². The van der Waals surface area contributed by atoms with Gasteiger partial charge < -0.3 is 4.90 Å². The standard InChI is InChI=1S/C22H31NO/c1-2-12-23-13-11-17-15-21(24)19(14-16-7-4-3-5-8-16)18-9-6-10-20(23)22(17)18/h3-5,7-8,17-20,22H,2,6,9-15H2,1H3/t17-,18+,19+,20+,22+/m0/s1. The molecule has 4 rings (SSSR count). The highest BCUT2D eigenvalue weighted by Crippen LogP contribution is 2.51. The Labute approximate surface area is 146 Å². The van der Waals surface area contributed by atoms with Crippen LogP contribution in [-0.2, 0) is 11.2 Å². The van der Waals surface area contributed by atoms with Gasteiger partial charge in [0.15, 0.2) is 0 Å². The summed E-state index contributed by atoms with van der Waals surface area (Å²) in [6.07, 6.45) is 8.29. The van der Waals surface area contributed by atoms with Gasteiger partial charge in [-0.2, -0.15) is 0 Å². The highest BCUT2D eigenvalue weighted by atomic mass is 16.1. The molecule has 1 aromatic carbocycles. The van der Waals surface area contributed by atoms with E-state index in [4.69, 9.17) is 0 Å². The van der Waals surface area contributed by atoms with E-state index in [1.54, 1.807) is 0 Å². The summed E-state index contributed by atoms with van der Waals surface area (Å²) in [5.74, 6) is 2.93. The van der Waals surface area contributed by atoms with Crippen molar-refractivity contribution in [2.24, 2.45) is 23.7 Å². The van der Waals surface area contributed by atoms with Crippen molar-refractivity contribution < 1.29 is 4.79 Å². The predicted octanol–water partition coefficient (Wildman–Crippen LogP) is 4.33. The second-order valence-corrected chi connectivity index (χ2v) is 8.29. The molecular weight excluding hydrogens is 294 g/mol. The maximum atomic E-state index is 12.9. The first-order valence-corrected chi connectivity index (χ1v) is 10.1. The number of benzene rings is 1. The van der Waals surface area contributed by atoms with Crippen LogP contribution in [0.2, 0.25) is 0 Å². The quantitative estimate of drug-likeness (QED) is 0.821. The van der Waals surface area contributed by atoms with Crippen molar-refractivity contribution in [2.75, 3.05) is 13.1 Å². The van der Waals surface area contributed by atoms with Crippen LogP contribution in [0.3, 0.4) is 0 Å². The summed E-state index contributed by atoms with van der Waals surface area (Å²) in [4.78, 5) is 15.7. The second-order valence-electron chi connectivity index (χ2n) is 8.29. The van der Waals surface area contributed by atoms with Crippen molar-refractivity contribution in [3.63, 3.8) is 0 Å². The van der Waals surface area contributed by atoms with Crippen molar-refractivity contribution >= 4 is 5.78 Å². The van der Waals surface area contributed by atoms with E-state index in [-0.39, 0.29) is 5.92 Å². The van der Waals surface area contributed by atoms with E-state index in [9.17, 15) is 4.79 Å². The van der Waals surface area contributed by atoms with Crippen LogP contribution in [0.25, 0.3) is 0 Å². The van der Waals surface area contributed by atoms with Gasteiger partial charge in [0, 0.05) is 18.4 Å². The fraction of sp³-hybridized carbons (Fsp3) is 0.682. The monoisotopic (exact) mass is 325 g/mol. The number of ketones is 1. The topological polar surface area (TPSA) is 20.3 Å². The Morgan fingerprint density at radius 1 is 1.12 bits per heavy atom. The third-order valence-electron chi connectivity index (χ3n) is 6.98. The Morgan fingerprint density at radius 3 is 2.75 bits per heavy atom. The molecule has 5 atom stereocenters. The molecule has 1 saturated heterocycles. The van der Waals surface area contributed by atoms with E-state index in [2.05, 4.69) is 42.2 Å². The SMILES string of the molecule is CCCN1CC[C@H]2CC(=O)[C@H](Cc3ccccc3)[C@H]3CCC[C@@H]1[C@H]23. The van der Waals surface area contributed by atoms with Gasteiger partial charge in [-0.05, 0) is 68.5 Å². The molecule has 2 aliphatic carbocycles. The van der Waals surface area contributed by atoms with Crippen LogP contribution in [-0.4, -0.2) is 29.8 Å². The predicted molar refractivity (Wildman–Crippen MR) is 97.9 cm³/mol. The lowest BCUT2D eigenvalue weighted by atomic mass is 9.55. The number of carbonyl (C=O) groups excluding carboxylic acids is 1. The molecule has 2 nitrogen and oxygen atoms in total. The highest BCUT2D eigenvalue weighted by Gasteiger charge is 2.51. The maximum Gasteiger partial charge on any atom is 0.136 e. The molecule has 24 heavy (non-hydrogen) atoms. The van der Waals surface area contributed by atoms with Gasteiger partial charge in [0.1, 0.15) is 5.78 Å². The largest absolute Gasteiger partial charge is 0.300 e. The Balaban J connectivity index is 1.58. The molecule has 0 unspecified atom stereocenters. The molecule has 0 spiro atoms. The molecule has 1 aromatic rings. The number of hydrogen-bond acceptors (Lipinski definition) is 2. The average molecular weight is 325 g/mol. The molecule has 3 fully saturated rings. The van der Waals surface area contributed by atoms with E-state index in [0.29, 0.717) is 17.6 Å². The number of likely N-dealkylation sites (tertiary alicyclic amines) is 1. The van der Waals surface area contributed by atoms with Gasteiger partial charge in [-0.3, -0.25) is 4.79 Å². The van der Waals surface area contributed by atoms with Crippen molar-refractivity contribution in [2.45, 2.75) is 57.9 Å². The number of nitrogens with zero attached hydrogens (tertiary/aromatic N) is 1. The lowest BCUT2D eigenvalue weighted by molar-refractivity contribution is -0.139.